The molecule has 0 amide bonds. The molecule has 0 saturated carbocycles. The maximum absolute atomic E-state index is 6.01. The Balaban J connectivity index is 1.96. The molecular formula is C16H20N4O. The Bertz CT molecular complexity index is 758. The molecule has 0 spiro atoms. The topological polar surface area (TPSA) is 69.9 Å². The second kappa shape index (κ2) is 5.24. The number of nitrogens with zero attached hydrogens (tertiary/aromatic N) is 3. The SMILES string of the molecule is Cc1c(C)n(C(C)CCc2ccco2)c2ncnc(N)c12. The third-order valence-electron chi connectivity index (χ3n) is 4.19. The first-order valence-electron chi connectivity index (χ1n) is 7.19. The summed E-state index contributed by atoms with van der Waals surface area (Å²) in [4.78, 5) is 8.55. The van der Waals surface area contributed by atoms with Crippen molar-refractivity contribution in [2.24, 2.45) is 0 Å². The zero-order valence-corrected chi connectivity index (χ0v) is 12.6. The molecule has 0 aromatic carbocycles. The second-order valence-corrected chi connectivity index (χ2v) is 5.50. The minimum absolute atomic E-state index is 0.320. The van der Waals surface area contributed by atoms with Crippen LogP contribution in [0.15, 0.2) is 29.1 Å². The minimum atomic E-state index is 0.320. The van der Waals surface area contributed by atoms with Crippen molar-refractivity contribution in [1.82, 2.24) is 14.5 Å². The predicted molar refractivity (Wildman–Crippen MR) is 83.2 cm³/mol. The summed E-state index contributed by atoms with van der Waals surface area (Å²) in [6.45, 7) is 6.39. The highest BCUT2D eigenvalue weighted by molar-refractivity contribution is 5.90. The Morgan fingerprint density at radius 2 is 2.14 bits per heavy atom. The maximum atomic E-state index is 6.01. The number of anilines is 1. The third-order valence-corrected chi connectivity index (χ3v) is 4.19. The predicted octanol–water partition coefficient (Wildman–Crippen LogP) is 3.42. The van der Waals surface area contributed by atoms with Crippen LogP contribution in [0.25, 0.3) is 11.0 Å². The van der Waals surface area contributed by atoms with Gasteiger partial charge in [0, 0.05) is 18.2 Å². The number of aryl methyl sites for hydroxylation is 2. The number of fused-ring (bicyclic) bond motifs is 1. The molecule has 3 aromatic heterocycles. The number of furan rings is 1. The van der Waals surface area contributed by atoms with E-state index in [0.29, 0.717) is 11.9 Å². The van der Waals surface area contributed by atoms with Gasteiger partial charge in [-0.25, -0.2) is 9.97 Å². The normalized spacial score (nSPS) is 12.9. The van der Waals surface area contributed by atoms with Crippen molar-refractivity contribution in [3.8, 4) is 0 Å². The average molecular weight is 284 g/mol. The lowest BCUT2D eigenvalue weighted by atomic mass is 10.1. The van der Waals surface area contributed by atoms with Gasteiger partial charge in [-0.1, -0.05) is 0 Å². The molecule has 110 valence electrons. The molecule has 1 atom stereocenters. The summed E-state index contributed by atoms with van der Waals surface area (Å²) in [5.41, 5.74) is 9.29. The first-order valence-corrected chi connectivity index (χ1v) is 7.19. The molecule has 1 unspecified atom stereocenters. The lowest BCUT2D eigenvalue weighted by molar-refractivity contribution is 0.453. The highest BCUT2D eigenvalue weighted by Gasteiger charge is 2.18. The first-order chi connectivity index (χ1) is 10.1. The van der Waals surface area contributed by atoms with Crippen LogP contribution in [0.3, 0.4) is 0 Å². The van der Waals surface area contributed by atoms with Gasteiger partial charge in [-0.05, 0) is 44.9 Å². The highest BCUT2D eigenvalue weighted by atomic mass is 16.3. The van der Waals surface area contributed by atoms with E-state index in [4.69, 9.17) is 10.2 Å². The van der Waals surface area contributed by atoms with Crippen molar-refractivity contribution in [2.45, 2.75) is 39.7 Å². The second-order valence-electron chi connectivity index (χ2n) is 5.50. The van der Waals surface area contributed by atoms with Gasteiger partial charge in [0.05, 0.1) is 11.6 Å². The van der Waals surface area contributed by atoms with Crippen LogP contribution in [0.5, 0.6) is 0 Å². The molecule has 0 saturated heterocycles. The summed E-state index contributed by atoms with van der Waals surface area (Å²) in [5.74, 6) is 1.57. The van der Waals surface area contributed by atoms with E-state index in [1.165, 1.54) is 12.0 Å². The molecule has 0 fully saturated rings. The number of rotatable bonds is 4. The van der Waals surface area contributed by atoms with Crippen molar-refractivity contribution in [3.05, 3.63) is 41.7 Å². The van der Waals surface area contributed by atoms with Crippen LogP contribution < -0.4 is 5.73 Å². The van der Waals surface area contributed by atoms with E-state index in [1.807, 2.05) is 12.1 Å². The van der Waals surface area contributed by atoms with Gasteiger partial charge >= 0.3 is 0 Å². The maximum Gasteiger partial charge on any atom is 0.146 e. The zero-order valence-electron chi connectivity index (χ0n) is 12.6. The molecule has 3 rings (SSSR count). The van der Waals surface area contributed by atoms with Crippen molar-refractivity contribution in [2.75, 3.05) is 5.73 Å². The van der Waals surface area contributed by atoms with Gasteiger partial charge in [-0.15, -0.1) is 0 Å². The molecule has 0 radical (unpaired) electrons. The van der Waals surface area contributed by atoms with Crippen LogP contribution in [0.2, 0.25) is 0 Å². The van der Waals surface area contributed by atoms with Gasteiger partial charge in [-0.2, -0.15) is 0 Å². The highest BCUT2D eigenvalue weighted by Crippen LogP contribution is 2.31. The van der Waals surface area contributed by atoms with Crippen molar-refractivity contribution < 1.29 is 4.42 Å². The lowest BCUT2D eigenvalue weighted by Crippen LogP contribution is -2.09. The van der Waals surface area contributed by atoms with Crippen molar-refractivity contribution in [1.29, 1.82) is 0 Å². The smallest absolute Gasteiger partial charge is 0.146 e. The summed E-state index contributed by atoms with van der Waals surface area (Å²) in [5, 5.41) is 0.972. The van der Waals surface area contributed by atoms with Gasteiger partial charge < -0.3 is 14.7 Å². The average Bonchev–Trinajstić information content (AvgIpc) is 3.05. The Labute approximate surface area is 123 Å². The first kappa shape index (κ1) is 13.7. The molecule has 3 heterocycles. The number of aromatic nitrogens is 3. The third kappa shape index (κ3) is 2.28. The number of hydrogen-bond donors (Lipinski definition) is 1. The fraction of sp³-hybridized carbons (Fsp3) is 0.375. The van der Waals surface area contributed by atoms with Gasteiger partial charge in [0.1, 0.15) is 23.6 Å². The van der Waals surface area contributed by atoms with Crippen LogP contribution in [0.1, 0.15) is 36.4 Å². The number of nitrogens with two attached hydrogens (primary N) is 1. The van der Waals surface area contributed by atoms with E-state index >= 15 is 0 Å². The molecular weight excluding hydrogens is 264 g/mol. The molecule has 0 aliphatic rings. The molecule has 5 nitrogen and oxygen atoms in total. The Morgan fingerprint density at radius 1 is 1.33 bits per heavy atom. The fourth-order valence-electron chi connectivity index (χ4n) is 2.93. The van der Waals surface area contributed by atoms with E-state index in [-0.39, 0.29) is 0 Å². The lowest BCUT2D eigenvalue weighted by Gasteiger charge is -2.16. The fourth-order valence-corrected chi connectivity index (χ4v) is 2.93. The van der Waals surface area contributed by atoms with Crippen LogP contribution >= 0.6 is 0 Å². The summed E-state index contributed by atoms with van der Waals surface area (Å²) in [7, 11) is 0. The Hall–Kier alpha value is -2.30. The van der Waals surface area contributed by atoms with Gasteiger partial charge in [0.25, 0.3) is 0 Å². The van der Waals surface area contributed by atoms with E-state index in [0.717, 1.165) is 35.2 Å². The Morgan fingerprint density at radius 3 is 2.86 bits per heavy atom. The standard InChI is InChI=1S/C16H20N4O/c1-10(6-7-13-5-4-8-21-13)20-12(3)11(2)14-15(17)18-9-19-16(14)20/h4-5,8-10H,6-7H2,1-3H3,(H2,17,18,19). The summed E-state index contributed by atoms with van der Waals surface area (Å²) >= 11 is 0. The number of nitrogen functional groups attached to an aromatic ring is 1. The van der Waals surface area contributed by atoms with E-state index in [1.54, 1.807) is 6.26 Å². The summed E-state index contributed by atoms with van der Waals surface area (Å²) in [6.07, 6.45) is 5.15. The quantitative estimate of drug-likeness (QED) is 0.797. The molecule has 2 N–H and O–H groups in total. The summed E-state index contributed by atoms with van der Waals surface area (Å²) < 4.78 is 7.66. The molecule has 0 aliphatic heterocycles. The van der Waals surface area contributed by atoms with Gasteiger partial charge in [0.2, 0.25) is 0 Å². The van der Waals surface area contributed by atoms with E-state index in [9.17, 15) is 0 Å². The summed E-state index contributed by atoms with van der Waals surface area (Å²) in [6, 6.07) is 4.26. The van der Waals surface area contributed by atoms with Crippen LogP contribution in [-0.2, 0) is 6.42 Å². The van der Waals surface area contributed by atoms with Gasteiger partial charge in [-0.3, -0.25) is 0 Å². The molecule has 3 aromatic rings. The van der Waals surface area contributed by atoms with Crippen LogP contribution in [0, 0.1) is 13.8 Å². The minimum Gasteiger partial charge on any atom is -0.469 e. The molecule has 0 bridgehead atoms. The van der Waals surface area contributed by atoms with Crippen LogP contribution in [0.4, 0.5) is 5.82 Å². The van der Waals surface area contributed by atoms with Gasteiger partial charge in [0.15, 0.2) is 0 Å². The zero-order chi connectivity index (χ0) is 15.0. The molecule has 5 heteroatoms. The molecule has 21 heavy (non-hydrogen) atoms. The number of hydrogen-bond acceptors (Lipinski definition) is 4. The van der Waals surface area contributed by atoms with E-state index in [2.05, 4.69) is 35.3 Å². The van der Waals surface area contributed by atoms with Crippen molar-refractivity contribution in [3.63, 3.8) is 0 Å². The largest absolute Gasteiger partial charge is 0.469 e. The Kier molecular flexibility index (Phi) is 3.41. The van der Waals surface area contributed by atoms with Crippen molar-refractivity contribution >= 4 is 16.9 Å². The van der Waals surface area contributed by atoms with E-state index < -0.39 is 0 Å². The molecule has 0 aliphatic carbocycles. The monoisotopic (exact) mass is 284 g/mol. The van der Waals surface area contributed by atoms with Crippen LogP contribution in [-0.4, -0.2) is 14.5 Å².